The first kappa shape index (κ1) is 19.7. The quantitative estimate of drug-likeness (QED) is 0.463. The molecule has 0 saturated carbocycles. The number of nitrogens with one attached hydrogen (secondary N) is 2. The van der Waals surface area contributed by atoms with Crippen LogP contribution < -0.4 is 10.6 Å². The molecular formula is C16H27BrN4O2S. The van der Waals surface area contributed by atoms with Crippen LogP contribution in [0, 0.1) is 0 Å². The molecule has 0 aromatic carbocycles. The minimum atomic E-state index is -0.820. The Morgan fingerprint density at radius 2 is 2.17 bits per heavy atom. The van der Waals surface area contributed by atoms with Gasteiger partial charge in [0.15, 0.2) is 5.96 Å². The molecule has 1 aromatic heterocycles. The number of hydrogen-bond donors (Lipinski definition) is 3. The van der Waals surface area contributed by atoms with Crippen LogP contribution >= 0.6 is 27.3 Å². The zero-order valence-corrected chi connectivity index (χ0v) is 16.8. The Morgan fingerprint density at radius 1 is 1.42 bits per heavy atom. The first-order chi connectivity index (χ1) is 11.5. The number of thiophene rings is 1. The average Bonchev–Trinajstić information content (AvgIpc) is 2.96. The van der Waals surface area contributed by atoms with E-state index in [1.165, 1.54) is 4.88 Å². The van der Waals surface area contributed by atoms with Crippen LogP contribution in [0.1, 0.15) is 18.7 Å². The number of aliphatic imine (C=N–C) groups is 1. The topological polar surface area (TPSA) is 69.1 Å². The molecule has 0 bridgehead atoms. The van der Waals surface area contributed by atoms with Gasteiger partial charge in [-0.1, -0.05) is 0 Å². The van der Waals surface area contributed by atoms with Crippen molar-refractivity contribution in [3.05, 3.63) is 20.8 Å². The van der Waals surface area contributed by atoms with Crippen LogP contribution in [0.5, 0.6) is 0 Å². The van der Waals surface area contributed by atoms with Gasteiger partial charge in [-0.2, -0.15) is 0 Å². The molecule has 6 nitrogen and oxygen atoms in total. The molecule has 1 unspecified atom stereocenters. The van der Waals surface area contributed by atoms with E-state index in [0.717, 1.165) is 42.6 Å². The summed E-state index contributed by atoms with van der Waals surface area (Å²) in [6.07, 6.45) is 0. The number of ether oxygens (including phenoxy) is 1. The predicted molar refractivity (Wildman–Crippen MR) is 103 cm³/mol. The van der Waals surface area contributed by atoms with Crippen LogP contribution in [0.4, 0.5) is 0 Å². The van der Waals surface area contributed by atoms with Crippen LogP contribution in [0.15, 0.2) is 20.9 Å². The molecule has 136 valence electrons. The summed E-state index contributed by atoms with van der Waals surface area (Å²) in [4.78, 5) is 8.01. The summed E-state index contributed by atoms with van der Waals surface area (Å²) in [5, 5.41) is 17.1. The Labute approximate surface area is 156 Å². The third kappa shape index (κ3) is 7.06. The molecule has 0 aliphatic carbocycles. The SMILES string of the molecule is CCNC(=NCc1ccc(Br)s1)NCC(C)(O)CN1CCOCC1. The summed E-state index contributed by atoms with van der Waals surface area (Å²) in [5.41, 5.74) is -0.820. The molecule has 1 fully saturated rings. The number of halogens is 1. The summed E-state index contributed by atoms with van der Waals surface area (Å²) < 4.78 is 6.46. The third-order valence-corrected chi connectivity index (χ3v) is 5.28. The van der Waals surface area contributed by atoms with Gasteiger partial charge in [0, 0.05) is 37.6 Å². The van der Waals surface area contributed by atoms with Gasteiger partial charge in [0.1, 0.15) is 0 Å². The van der Waals surface area contributed by atoms with Gasteiger partial charge < -0.3 is 20.5 Å². The fourth-order valence-electron chi connectivity index (χ4n) is 2.51. The fraction of sp³-hybridized carbons (Fsp3) is 0.688. The maximum absolute atomic E-state index is 10.6. The van der Waals surface area contributed by atoms with Crippen LogP contribution in [-0.4, -0.2) is 67.5 Å². The van der Waals surface area contributed by atoms with Crippen molar-refractivity contribution < 1.29 is 9.84 Å². The Balaban J connectivity index is 1.84. The minimum absolute atomic E-state index is 0.449. The normalized spacial score (nSPS) is 19.1. The Hall–Kier alpha value is -0.670. The van der Waals surface area contributed by atoms with Gasteiger partial charge >= 0.3 is 0 Å². The number of aliphatic hydroxyl groups is 1. The molecule has 3 N–H and O–H groups in total. The van der Waals surface area contributed by atoms with Crippen molar-refractivity contribution in [3.8, 4) is 0 Å². The molecule has 2 rings (SSSR count). The molecule has 0 radical (unpaired) electrons. The summed E-state index contributed by atoms with van der Waals surface area (Å²) >= 11 is 5.15. The van der Waals surface area contributed by atoms with Crippen LogP contribution in [0.25, 0.3) is 0 Å². The smallest absolute Gasteiger partial charge is 0.191 e. The second-order valence-electron chi connectivity index (χ2n) is 6.14. The lowest BCUT2D eigenvalue weighted by atomic mass is 10.1. The van der Waals surface area contributed by atoms with Gasteiger partial charge in [-0.25, -0.2) is 4.99 Å². The number of morpholine rings is 1. The van der Waals surface area contributed by atoms with E-state index in [9.17, 15) is 5.11 Å². The second-order valence-corrected chi connectivity index (χ2v) is 8.69. The van der Waals surface area contributed by atoms with E-state index in [2.05, 4.69) is 42.5 Å². The van der Waals surface area contributed by atoms with Crippen molar-refractivity contribution in [2.75, 3.05) is 45.9 Å². The lowest BCUT2D eigenvalue weighted by Gasteiger charge is -2.34. The Morgan fingerprint density at radius 3 is 2.79 bits per heavy atom. The van der Waals surface area contributed by atoms with Gasteiger partial charge in [0.25, 0.3) is 0 Å². The predicted octanol–water partition coefficient (Wildman–Crippen LogP) is 1.65. The van der Waals surface area contributed by atoms with Crippen molar-refractivity contribution >= 4 is 33.2 Å². The van der Waals surface area contributed by atoms with E-state index in [0.29, 0.717) is 19.6 Å². The van der Waals surface area contributed by atoms with E-state index in [4.69, 9.17) is 4.74 Å². The zero-order valence-electron chi connectivity index (χ0n) is 14.3. The third-order valence-electron chi connectivity index (χ3n) is 3.67. The molecular weight excluding hydrogens is 392 g/mol. The van der Waals surface area contributed by atoms with Crippen LogP contribution in [0.3, 0.4) is 0 Å². The van der Waals surface area contributed by atoms with Gasteiger partial charge in [-0.3, -0.25) is 4.90 Å². The highest BCUT2D eigenvalue weighted by atomic mass is 79.9. The summed E-state index contributed by atoms with van der Waals surface area (Å²) in [7, 11) is 0. The molecule has 2 heterocycles. The summed E-state index contributed by atoms with van der Waals surface area (Å²) in [5.74, 6) is 0.726. The monoisotopic (exact) mass is 418 g/mol. The molecule has 1 atom stereocenters. The van der Waals surface area contributed by atoms with E-state index < -0.39 is 5.60 Å². The first-order valence-corrected chi connectivity index (χ1v) is 9.88. The molecule has 1 aromatic rings. The molecule has 1 saturated heterocycles. The van der Waals surface area contributed by atoms with Gasteiger partial charge in [0.05, 0.1) is 29.1 Å². The molecule has 0 amide bonds. The molecule has 8 heteroatoms. The number of β-amino-alcohol motifs (C(OH)–C–C–N with tert-alkyl or cyclic N) is 1. The lowest BCUT2D eigenvalue weighted by molar-refractivity contribution is -0.0201. The Bertz CT molecular complexity index is 530. The number of rotatable bonds is 7. The highest BCUT2D eigenvalue weighted by Gasteiger charge is 2.25. The summed E-state index contributed by atoms with van der Waals surface area (Å²) in [6, 6.07) is 4.10. The zero-order chi connectivity index (χ0) is 17.4. The number of guanidine groups is 1. The fourth-order valence-corrected chi connectivity index (χ4v) is 3.91. The van der Waals surface area contributed by atoms with Crippen molar-refractivity contribution in [1.82, 2.24) is 15.5 Å². The lowest BCUT2D eigenvalue weighted by Crippen LogP contribution is -2.52. The number of nitrogens with zero attached hydrogens (tertiary/aromatic N) is 2. The largest absolute Gasteiger partial charge is 0.387 e. The van der Waals surface area contributed by atoms with Crippen LogP contribution in [-0.2, 0) is 11.3 Å². The number of hydrogen-bond acceptors (Lipinski definition) is 5. The van der Waals surface area contributed by atoms with Gasteiger partial charge in [-0.05, 0) is 41.9 Å². The molecule has 24 heavy (non-hydrogen) atoms. The van der Waals surface area contributed by atoms with Gasteiger partial charge in [-0.15, -0.1) is 11.3 Å². The van der Waals surface area contributed by atoms with Crippen molar-refractivity contribution in [2.45, 2.75) is 26.0 Å². The summed E-state index contributed by atoms with van der Waals surface area (Å²) in [6.45, 7) is 9.59. The molecule has 1 aliphatic rings. The highest BCUT2D eigenvalue weighted by Crippen LogP contribution is 2.22. The van der Waals surface area contributed by atoms with E-state index in [-0.39, 0.29) is 0 Å². The Kier molecular flexibility index (Phi) is 7.96. The maximum Gasteiger partial charge on any atom is 0.191 e. The minimum Gasteiger partial charge on any atom is -0.387 e. The highest BCUT2D eigenvalue weighted by molar-refractivity contribution is 9.11. The molecule has 0 spiro atoms. The molecule has 1 aliphatic heterocycles. The average molecular weight is 419 g/mol. The van der Waals surface area contributed by atoms with E-state index in [1.807, 2.05) is 19.9 Å². The second kappa shape index (κ2) is 9.72. The van der Waals surface area contributed by atoms with Crippen LogP contribution in [0.2, 0.25) is 0 Å². The van der Waals surface area contributed by atoms with Crippen molar-refractivity contribution in [2.24, 2.45) is 4.99 Å². The van der Waals surface area contributed by atoms with E-state index >= 15 is 0 Å². The van der Waals surface area contributed by atoms with Crippen molar-refractivity contribution in [3.63, 3.8) is 0 Å². The van der Waals surface area contributed by atoms with Crippen molar-refractivity contribution in [1.29, 1.82) is 0 Å². The first-order valence-electron chi connectivity index (χ1n) is 8.27. The van der Waals surface area contributed by atoms with E-state index in [1.54, 1.807) is 11.3 Å². The maximum atomic E-state index is 10.6. The van der Waals surface area contributed by atoms with Gasteiger partial charge in [0.2, 0.25) is 0 Å². The standard InChI is InChI=1S/C16H27BrN4O2S/c1-3-18-15(19-10-13-4-5-14(17)24-13)20-11-16(2,22)12-21-6-8-23-9-7-21/h4-5,22H,3,6-12H2,1-2H3,(H2,18,19,20).